The van der Waals surface area contributed by atoms with Crippen molar-refractivity contribution in [3.63, 3.8) is 0 Å². The molecular weight excluding hydrogens is 210 g/mol. The zero-order valence-corrected chi connectivity index (χ0v) is 11.1. The Balaban J connectivity index is 3.71. The molecule has 0 aromatic heterocycles. The SMILES string of the molecule is C=C(C)C(=O)NCCC[Si](C)(OC)OC. The summed E-state index contributed by atoms with van der Waals surface area (Å²) in [6.07, 6.45) is 0.865. The van der Waals surface area contributed by atoms with Crippen molar-refractivity contribution >= 4 is 14.5 Å². The molecule has 1 N–H and O–H groups in total. The molecule has 15 heavy (non-hydrogen) atoms. The van der Waals surface area contributed by atoms with E-state index >= 15 is 0 Å². The minimum absolute atomic E-state index is 0.0896. The van der Waals surface area contributed by atoms with E-state index in [1.54, 1.807) is 21.1 Å². The third kappa shape index (κ3) is 5.71. The minimum atomic E-state index is -1.97. The molecule has 0 fully saturated rings. The normalized spacial score (nSPS) is 11.2. The fourth-order valence-corrected chi connectivity index (χ4v) is 2.44. The number of amides is 1. The van der Waals surface area contributed by atoms with Crippen molar-refractivity contribution in [2.24, 2.45) is 0 Å². The number of hydrogen-bond acceptors (Lipinski definition) is 3. The van der Waals surface area contributed by atoms with Crippen LogP contribution in [0.15, 0.2) is 12.2 Å². The van der Waals surface area contributed by atoms with Gasteiger partial charge in [-0.2, -0.15) is 0 Å². The van der Waals surface area contributed by atoms with E-state index in [-0.39, 0.29) is 5.91 Å². The molecule has 0 unspecified atom stereocenters. The summed E-state index contributed by atoms with van der Waals surface area (Å²) in [6, 6.07) is 0.871. The van der Waals surface area contributed by atoms with Gasteiger partial charge in [-0.1, -0.05) is 6.58 Å². The molecule has 1 amide bonds. The molecule has 0 rings (SSSR count). The van der Waals surface area contributed by atoms with Crippen LogP contribution in [0.3, 0.4) is 0 Å². The first kappa shape index (κ1) is 14.3. The molecule has 0 spiro atoms. The molecule has 0 bridgehead atoms. The molecule has 88 valence electrons. The maximum absolute atomic E-state index is 11.1. The lowest BCUT2D eigenvalue weighted by Crippen LogP contribution is -2.37. The van der Waals surface area contributed by atoms with Crippen LogP contribution in [0, 0.1) is 0 Å². The minimum Gasteiger partial charge on any atom is -0.398 e. The average Bonchev–Trinajstić information content (AvgIpc) is 2.23. The molecule has 0 heterocycles. The van der Waals surface area contributed by atoms with Crippen molar-refractivity contribution < 1.29 is 13.6 Å². The van der Waals surface area contributed by atoms with Gasteiger partial charge in [-0.15, -0.1) is 0 Å². The Kier molecular flexibility index (Phi) is 6.47. The fraction of sp³-hybridized carbons (Fsp3) is 0.700. The van der Waals surface area contributed by atoms with Crippen LogP contribution >= 0.6 is 0 Å². The molecule has 5 heteroatoms. The van der Waals surface area contributed by atoms with E-state index in [1.165, 1.54) is 0 Å². The van der Waals surface area contributed by atoms with Crippen LogP contribution in [0.4, 0.5) is 0 Å². The second-order valence-corrected chi connectivity index (χ2v) is 7.27. The maximum Gasteiger partial charge on any atom is 0.334 e. The quantitative estimate of drug-likeness (QED) is 0.410. The Hall–Kier alpha value is -0.653. The van der Waals surface area contributed by atoms with Gasteiger partial charge in [-0.05, 0) is 25.9 Å². The van der Waals surface area contributed by atoms with E-state index in [0.29, 0.717) is 12.1 Å². The Labute approximate surface area is 92.9 Å². The van der Waals surface area contributed by atoms with Crippen LogP contribution in [-0.2, 0) is 13.6 Å². The van der Waals surface area contributed by atoms with Gasteiger partial charge in [0, 0.05) is 26.3 Å². The zero-order chi connectivity index (χ0) is 11.9. The Morgan fingerprint density at radius 2 is 1.93 bits per heavy atom. The van der Waals surface area contributed by atoms with Crippen LogP contribution in [0.2, 0.25) is 12.6 Å². The number of rotatable bonds is 7. The van der Waals surface area contributed by atoms with Crippen LogP contribution in [-0.4, -0.2) is 35.2 Å². The van der Waals surface area contributed by atoms with Crippen molar-refractivity contribution in [2.45, 2.75) is 25.9 Å². The van der Waals surface area contributed by atoms with Crippen molar-refractivity contribution in [3.8, 4) is 0 Å². The highest BCUT2D eigenvalue weighted by Gasteiger charge is 2.27. The summed E-state index contributed by atoms with van der Waals surface area (Å²) in [4.78, 5) is 11.1. The predicted octanol–water partition coefficient (Wildman–Crippen LogP) is 1.43. The lowest BCUT2D eigenvalue weighted by molar-refractivity contribution is -0.117. The van der Waals surface area contributed by atoms with Gasteiger partial charge < -0.3 is 14.2 Å². The molecule has 0 atom stereocenters. The summed E-state index contributed by atoms with van der Waals surface area (Å²) in [6.45, 7) is 7.90. The van der Waals surface area contributed by atoms with Gasteiger partial charge in [0.15, 0.2) is 0 Å². The molecule has 0 aliphatic rings. The monoisotopic (exact) mass is 231 g/mol. The van der Waals surface area contributed by atoms with Crippen molar-refractivity contribution in [3.05, 3.63) is 12.2 Å². The highest BCUT2D eigenvalue weighted by molar-refractivity contribution is 6.65. The first-order valence-electron chi connectivity index (χ1n) is 4.99. The summed E-state index contributed by atoms with van der Waals surface area (Å²) in [5, 5.41) is 2.78. The van der Waals surface area contributed by atoms with E-state index in [1.807, 2.05) is 6.55 Å². The van der Waals surface area contributed by atoms with Gasteiger partial charge in [0.25, 0.3) is 0 Å². The van der Waals surface area contributed by atoms with Gasteiger partial charge in [-0.3, -0.25) is 4.79 Å². The van der Waals surface area contributed by atoms with E-state index in [4.69, 9.17) is 8.85 Å². The third-order valence-corrected chi connectivity index (χ3v) is 5.33. The standard InChI is InChI=1S/C10H21NO3Si/c1-9(2)10(12)11-7-6-8-15(5,13-3)14-4/h1,6-8H2,2-5H3,(H,11,12). The molecule has 4 nitrogen and oxygen atoms in total. The van der Waals surface area contributed by atoms with E-state index in [9.17, 15) is 4.79 Å². The molecule has 0 aliphatic heterocycles. The topological polar surface area (TPSA) is 47.6 Å². The molecule has 0 aromatic carbocycles. The van der Waals surface area contributed by atoms with Crippen molar-refractivity contribution in [1.82, 2.24) is 5.32 Å². The van der Waals surface area contributed by atoms with Gasteiger partial charge >= 0.3 is 8.56 Å². The highest BCUT2D eigenvalue weighted by Crippen LogP contribution is 2.12. The predicted molar refractivity (Wildman–Crippen MR) is 62.9 cm³/mol. The lowest BCUT2D eigenvalue weighted by Gasteiger charge is -2.22. The molecule has 0 radical (unpaired) electrons. The van der Waals surface area contributed by atoms with Crippen LogP contribution < -0.4 is 5.32 Å². The van der Waals surface area contributed by atoms with Gasteiger partial charge in [0.1, 0.15) is 0 Å². The lowest BCUT2D eigenvalue weighted by atomic mass is 10.3. The smallest absolute Gasteiger partial charge is 0.334 e. The summed E-state index contributed by atoms with van der Waals surface area (Å²) >= 11 is 0. The summed E-state index contributed by atoms with van der Waals surface area (Å²) < 4.78 is 10.7. The third-order valence-electron chi connectivity index (χ3n) is 2.34. The second kappa shape index (κ2) is 6.76. The first-order chi connectivity index (χ1) is 6.95. The summed E-state index contributed by atoms with van der Waals surface area (Å²) in [5.41, 5.74) is 0.536. The Morgan fingerprint density at radius 3 is 2.33 bits per heavy atom. The molecule has 0 saturated carbocycles. The second-order valence-electron chi connectivity index (χ2n) is 3.68. The van der Waals surface area contributed by atoms with Crippen molar-refractivity contribution in [2.75, 3.05) is 20.8 Å². The number of carbonyl (C=O) groups excluding carboxylic acids is 1. The maximum atomic E-state index is 11.1. The Morgan fingerprint density at radius 1 is 1.40 bits per heavy atom. The van der Waals surface area contributed by atoms with Crippen LogP contribution in [0.25, 0.3) is 0 Å². The van der Waals surface area contributed by atoms with Gasteiger partial charge in [0.05, 0.1) is 0 Å². The summed E-state index contributed by atoms with van der Waals surface area (Å²) in [5.74, 6) is -0.0896. The fourth-order valence-electron chi connectivity index (χ4n) is 1.05. The van der Waals surface area contributed by atoms with Crippen LogP contribution in [0.5, 0.6) is 0 Å². The first-order valence-corrected chi connectivity index (χ1v) is 7.51. The van der Waals surface area contributed by atoms with Gasteiger partial charge in [0.2, 0.25) is 5.91 Å². The van der Waals surface area contributed by atoms with Crippen molar-refractivity contribution in [1.29, 1.82) is 0 Å². The summed E-state index contributed by atoms with van der Waals surface area (Å²) in [7, 11) is 1.37. The zero-order valence-electron chi connectivity index (χ0n) is 10.1. The van der Waals surface area contributed by atoms with Crippen LogP contribution in [0.1, 0.15) is 13.3 Å². The molecular formula is C10H21NO3Si. The van der Waals surface area contributed by atoms with Gasteiger partial charge in [-0.25, -0.2) is 0 Å². The van der Waals surface area contributed by atoms with E-state index in [2.05, 4.69) is 11.9 Å². The highest BCUT2D eigenvalue weighted by atomic mass is 28.4. The largest absolute Gasteiger partial charge is 0.398 e. The molecule has 0 saturated heterocycles. The number of carbonyl (C=O) groups is 1. The average molecular weight is 231 g/mol. The van der Waals surface area contributed by atoms with E-state index in [0.717, 1.165) is 12.5 Å². The molecule has 0 aliphatic carbocycles. The van der Waals surface area contributed by atoms with E-state index < -0.39 is 8.56 Å². The number of nitrogens with one attached hydrogen (secondary N) is 1. The Bertz CT molecular complexity index is 227. The molecule has 0 aromatic rings. The number of hydrogen-bond donors (Lipinski definition) is 1.